The zero-order valence-corrected chi connectivity index (χ0v) is 14.8. The summed E-state index contributed by atoms with van der Waals surface area (Å²) in [5, 5.41) is 2.92. The average Bonchev–Trinajstić information content (AvgIpc) is 3.14. The van der Waals surface area contributed by atoms with Gasteiger partial charge in [-0.25, -0.2) is 9.78 Å². The standard InChI is InChI=1S/C18H25N5O2/c1-3-23-13-15(25-17-7-5-4-6-16(17)23)12-21(2)18(24)20-9-11-22-10-8-19-14-22/h4-8,10,14-15H,3,9,11-13H2,1-2H3,(H,20,24)/t15-/m1/s1. The Kier molecular flexibility index (Phi) is 5.42. The Labute approximate surface area is 148 Å². The highest BCUT2D eigenvalue weighted by atomic mass is 16.5. The molecule has 1 N–H and O–H groups in total. The van der Waals surface area contributed by atoms with Crippen LogP contribution < -0.4 is 15.0 Å². The fourth-order valence-corrected chi connectivity index (χ4v) is 3.01. The van der Waals surface area contributed by atoms with Gasteiger partial charge in [-0.2, -0.15) is 0 Å². The maximum Gasteiger partial charge on any atom is 0.317 e. The molecule has 0 bridgehead atoms. The van der Waals surface area contributed by atoms with E-state index in [4.69, 9.17) is 4.74 Å². The van der Waals surface area contributed by atoms with Crippen LogP contribution in [0.25, 0.3) is 0 Å². The van der Waals surface area contributed by atoms with Crippen LogP contribution in [0.1, 0.15) is 6.92 Å². The number of ether oxygens (including phenoxy) is 1. The van der Waals surface area contributed by atoms with Crippen LogP contribution in [0.4, 0.5) is 10.5 Å². The number of fused-ring (bicyclic) bond motifs is 1. The van der Waals surface area contributed by atoms with Crippen LogP contribution in [0.3, 0.4) is 0 Å². The Morgan fingerprint density at radius 1 is 1.44 bits per heavy atom. The van der Waals surface area contributed by atoms with Crippen molar-refractivity contribution in [1.29, 1.82) is 0 Å². The number of amides is 2. The predicted molar refractivity (Wildman–Crippen MR) is 97.0 cm³/mol. The Bertz CT molecular complexity index is 689. The summed E-state index contributed by atoms with van der Waals surface area (Å²) in [4.78, 5) is 20.2. The van der Waals surface area contributed by atoms with Gasteiger partial charge in [-0.15, -0.1) is 0 Å². The number of hydrogen-bond donors (Lipinski definition) is 1. The smallest absolute Gasteiger partial charge is 0.317 e. The van der Waals surface area contributed by atoms with Crippen molar-refractivity contribution in [3.05, 3.63) is 43.0 Å². The molecule has 0 unspecified atom stereocenters. The molecule has 0 radical (unpaired) electrons. The first-order valence-electron chi connectivity index (χ1n) is 8.62. The summed E-state index contributed by atoms with van der Waals surface area (Å²) < 4.78 is 8.00. The number of urea groups is 1. The minimum absolute atomic E-state index is 0.0424. The molecule has 1 aromatic carbocycles. The maximum atomic E-state index is 12.3. The number of nitrogens with zero attached hydrogens (tertiary/aromatic N) is 4. The Morgan fingerprint density at radius 2 is 2.28 bits per heavy atom. The highest BCUT2D eigenvalue weighted by Gasteiger charge is 2.26. The average molecular weight is 343 g/mol. The molecule has 1 aliphatic rings. The van der Waals surface area contributed by atoms with Gasteiger partial charge in [0, 0.05) is 39.1 Å². The molecule has 0 saturated heterocycles. The summed E-state index contributed by atoms with van der Waals surface area (Å²) >= 11 is 0. The van der Waals surface area contributed by atoms with Crippen LogP contribution in [0.2, 0.25) is 0 Å². The van der Waals surface area contributed by atoms with Crippen LogP contribution in [0.5, 0.6) is 5.75 Å². The third-order valence-corrected chi connectivity index (χ3v) is 4.33. The molecule has 7 nitrogen and oxygen atoms in total. The lowest BCUT2D eigenvalue weighted by Crippen LogP contribution is -2.49. The third kappa shape index (κ3) is 4.23. The van der Waals surface area contributed by atoms with E-state index in [-0.39, 0.29) is 12.1 Å². The third-order valence-electron chi connectivity index (χ3n) is 4.33. The van der Waals surface area contributed by atoms with Crippen LogP contribution in [-0.4, -0.2) is 59.8 Å². The van der Waals surface area contributed by atoms with Gasteiger partial charge < -0.3 is 24.4 Å². The highest BCUT2D eigenvalue weighted by Crippen LogP contribution is 2.32. The number of imidazole rings is 1. The SMILES string of the molecule is CCN1C[C@@H](CN(C)C(=O)NCCn2ccnc2)Oc2ccccc21. The summed E-state index contributed by atoms with van der Waals surface area (Å²) in [7, 11) is 1.80. The molecule has 2 heterocycles. The molecule has 0 saturated carbocycles. The van der Waals surface area contributed by atoms with Gasteiger partial charge in [0.15, 0.2) is 0 Å². The monoisotopic (exact) mass is 343 g/mol. The number of benzene rings is 1. The molecule has 1 aliphatic heterocycles. The molecule has 134 valence electrons. The summed E-state index contributed by atoms with van der Waals surface area (Å²) in [5.41, 5.74) is 1.12. The van der Waals surface area contributed by atoms with E-state index in [0.717, 1.165) is 24.5 Å². The van der Waals surface area contributed by atoms with E-state index >= 15 is 0 Å². The van der Waals surface area contributed by atoms with Crippen molar-refractivity contribution in [2.45, 2.75) is 19.6 Å². The first kappa shape index (κ1) is 17.1. The van der Waals surface area contributed by atoms with Gasteiger partial charge in [-0.05, 0) is 19.1 Å². The topological polar surface area (TPSA) is 62.6 Å². The number of carbonyl (C=O) groups is 1. The Balaban J connectivity index is 1.50. The lowest BCUT2D eigenvalue weighted by molar-refractivity contribution is 0.145. The second-order valence-electron chi connectivity index (χ2n) is 6.16. The minimum atomic E-state index is -0.0920. The molecular formula is C18H25N5O2. The zero-order chi connectivity index (χ0) is 17.6. The Morgan fingerprint density at radius 3 is 3.04 bits per heavy atom. The minimum Gasteiger partial charge on any atom is -0.485 e. The molecule has 0 aliphatic carbocycles. The fourth-order valence-electron chi connectivity index (χ4n) is 3.01. The second-order valence-corrected chi connectivity index (χ2v) is 6.16. The van der Waals surface area contributed by atoms with Crippen molar-refractivity contribution < 1.29 is 9.53 Å². The van der Waals surface area contributed by atoms with E-state index < -0.39 is 0 Å². The zero-order valence-electron chi connectivity index (χ0n) is 14.8. The molecule has 25 heavy (non-hydrogen) atoms. The number of likely N-dealkylation sites (N-methyl/N-ethyl adjacent to an activating group) is 2. The fraction of sp³-hybridized carbons (Fsp3) is 0.444. The van der Waals surface area contributed by atoms with E-state index in [9.17, 15) is 4.79 Å². The molecule has 0 fully saturated rings. The van der Waals surface area contributed by atoms with Crippen molar-refractivity contribution in [2.24, 2.45) is 0 Å². The van der Waals surface area contributed by atoms with Crippen LogP contribution in [0, 0.1) is 0 Å². The molecule has 0 spiro atoms. The summed E-state index contributed by atoms with van der Waals surface area (Å²) in [5.74, 6) is 0.884. The molecule has 1 atom stereocenters. The van der Waals surface area contributed by atoms with Gasteiger partial charge in [0.25, 0.3) is 0 Å². The predicted octanol–water partition coefficient (Wildman–Crippen LogP) is 1.81. The highest BCUT2D eigenvalue weighted by molar-refractivity contribution is 5.73. The number of aromatic nitrogens is 2. The van der Waals surface area contributed by atoms with Crippen molar-refractivity contribution in [3.8, 4) is 5.75 Å². The number of anilines is 1. The molecule has 3 rings (SSSR count). The first-order valence-corrected chi connectivity index (χ1v) is 8.62. The number of hydrogen-bond acceptors (Lipinski definition) is 4. The molecular weight excluding hydrogens is 318 g/mol. The summed E-state index contributed by atoms with van der Waals surface area (Å²) in [6, 6.07) is 7.95. The molecule has 2 aromatic rings. The van der Waals surface area contributed by atoms with E-state index in [1.807, 2.05) is 29.0 Å². The lowest BCUT2D eigenvalue weighted by Gasteiger charge is -2.37. The van der Waals surface area contributed by atoms with Gasteiger partial charge in [0.2, 0.25) is 0 Å². The van der Waals surface area contributed by atoms with Crippen LogP contribution in [0.15, 0.2) is 43.0 Å². The molecule has 1 aromatic heterocycles. The number of carbonyl (C=O) groups excluding carboxylic acids is 1. The molecule has 2 amide bonds. The van der Waals surface area contributed by atoms with E-state index in [1.54, 1.807) is 24.5 Å². The van der Waals surface area contributed by atoms with Crippen molar-refractivity contribution in [2.75, 3.05) is 38.1 Å². The summed E-state index contributed by atoms with van der Waals surface area (Å²) in [6.45, 7) is 5.64. The largest absolute Gasteiger partial charge is 0.485 e. The Hall–Kier alpha value is -2.70. The van der Waals surface area contributed by atoms with E-state index in [2.05, 4.69) is 28.2 Å². The van der Waals surface area contributed by atoms with Gasteiger partial charge in [-0.3, -0.25) is 0 Å². The normalized spacial score (nSPS) is 16.1. The number of para-hydroxylation sites is 2. The number of rotatable bonds is 6. The lowest BCUT2D eigenvalue weighted by atomic mass is 10.2. The van der Waals surface area contributed by atoms with Gasteiger partial charge >= 0.3 is 6.03 Å². The quantitative estimate of drug-likeness (QED) is 0.869. The number of nitrogens with one attached hydrogen (secondary N) is 1. The summed E-state index contributed by atoms with van der Waals surface area (Å²) in [6.07, 6.45) is 5.30. The van der Waals surface area contributed by atoms with Gasteiger partial charge in [0.05, 0.1) is 25.1 Å². The van der Waals surface area contributed by atoms with Crippen molar-refractivity contribution >= 4 is 11.7 Å². The van der Waals surface area contributed by atoms with E-state index in [1.165, 1.54) is 0 Å². The van der Waals surface area contributed by atoms with Gasteiger partial charge in [-0.1, -0.05) is 12.1 Å². The first-order chi connectivity index (χ1) is 12.2. The van der Waals surface area contributed by atoms with Gasteiger partial charge in [0.1, 0.15) is 11.9 Å². The van der Waals surface area contributed by atoms with Crippen molar-refractivity contribution in [1.82, 2.24) is 19.8 Å². The molecule has 7 heteroatoms. The van der Waals surface area contributed by atoms with Crippen LogP contribution in [-0.2, 0) is 6.54 Å². The van der Waals surface area contributed by atoms with E-state index in [0.29, 0.717) is 19.6 Å². The van der Waals surface area contributed by atoms with Crippen molar-refractivity contribution in [3.63, 3.8) is 0 Å². The van der Waals surface area contributed by atoms with Crippen LogP contribution >= 0.6 is 0 Å². The maximum absolute atomic E-state index is 12.3. The second kappa shape index (κ2) is 7.92.